The topological polar surface area (TPSA) is 58.1 Å². The maximum absolute atomic E-state index is 5.45. The lowest BCUT2D eigenvalue weighted by atomic mass is 9.93. The summed E-state index contributed by atoms with van der Waals surface area (Å²) in [5.74, 6) is 1.56. The van der Waals surface area contributed by atoms with Crippen molar-refractivity contribution in [3.05, 3.63) is 0 Å². The van der Waals surface area contributed by atoms with Crippen molar-refractivity contribution in [2.75, 3.05) is 61.2 Å². The Bertz CT molecular complexity index is 300. The largest absolute Gasteiger partial charge is 0.382 e. The molecule has 0 aliphatic heterocycles. The normalized spacial score (nSPS) is 13.1. The Labute approximate surface area is 166 Å². The molecule has 0 rings (SSSR count). The second kappa shape index (κ2) is 17.7. The maximum Gasteiger partial charge on any atom is 0.191 e. The highest BCUT2D eigenvalue weighted by molar-refractivity contribution is 14.0. The summed E-state index contributed by atoms with van der Waals surface area (Å²) < 4.78 is 10.4. The van der Waals surface area contributed by atoms with E-state index in [4.69, 9.17) is 9.47 Å². The Morgan fingerprint density at radius 1 is 1.08 bits per heavy atom. The summed E-state index contributed by atoms with van der Waals surface area (Å²) in [6.07, 6.45) is 3.35. The highest BCUT2D eigenvalue weighted by Crippen LogP contribution is 2.16. The average Bonchev–Trinajstić information content (AvgIpc) is 2.55. The molecule has 1 unspecified atom stereocenters. The lowest BCUT2D eigenvalue weighted by Gasteiger charge is -2.32. The van der Waals surface area contributed by atoms with Gasteiger partial charge in [-0.1, -0.05) is 26.7 Å². The summed E-state index contributed by atoms with van der Waals surface area (Å²) in [7, 11) is 7.80. The van der Waals surface area contributed by atoms with Crippen LogP contribution in [0.1, 0.15) is 33.1 Å². The second-order valence-electron chi connectivity index (χ2n) is 5.95. The van der Waals surface area contributed by atoms with Crippen LogP contribution >= 0.6 is 24.0 Å². The molecule has 6 nitrogen and oxygen atoms in total. The zero-order valence-corrected chi connectivity index (χ0v) is 18.8. The molecule has 0 spiro atoms. The number of aliphatic imine (C=N–C) groups is 1. The Kier molecular flexibility index (Phi) is 19.3. The van der Waals surface area contributed by atoms with Crippen LogP contribution in [0.15, 0.2) is 4.99 Å². The van der Waals surface area contributed by atoms with Crippen molar-refractivity contribution in [2.24, 2.45) is 10.9 Å². The van der Waals surface area contributed by atoms with Gasteiger partial charge in [-0.15, -0.1) is 24.0 Å². The van der Waals surface area contributed by atoms with Crippen molar-refractivity contribution in [3.8, 4) is 0 Å². The molecule has 0 radical (unpaired) electrons. The first-order valence-electron chi connectivity index (χ1n) is 8.78. The first-order valence-corrected chi connectivity index (χ1v) is 8.78. The van der Waals surface area contributed by atoms with Gasteiger partial charge in [-0.05, 0) is 26.4 Å². The fourth-order valence-corrected chi connectivity index (χ4v) is 2.65. The quantitative estimate of drug-likeness (QED) is 0.192. The van der Waals surface area contributed by atoms with Gasteiger partial charge in [0.2, 0.25) is 0 Å². The molecular weight excluding hydrogens is 419 g/mol. The van der Waals surface area contributed by atoms with Gasteiger partial charge in [0.1, 0.15) is 0 Å². The molecule has 24 heavy (non-hydrogen) atoms. The third kappa shape index (κ3) is 12.3. The molecule has 0 aliphatic carbocycles. The fraction of sp³-hybridized carbons (Fsp3) is 0.941. The van der Waals surface area contributed by atoms with E-state index >= 15 is 0 Å². The van der Waals surface area contributed by atoms with Crippen LogP contribution in [-0.2, 0) is 9.47 Å². The molecule has 2 N–H and O–H groups in total. The molecule has 0 saturated heterocycles. The molecule has 1 atom stereocenters. The van der Waals surface area contributed by atoms with Crippen LogP contribution in [0.5, 0.6) is 0 Å². The van der Waals surface area contributed by atoms with Crippen molar-refractivity contribution in [1.82, 2.24) is 15.5 Å². The standard InChI is InChI=1S/C17H38N4O2.HI/c1-7-15(8-2)16(21(4)5)14-20-17(18-3)19-10-9-11-23-13-12-22-6;/h15-16H,7-14H2,1-6H3,(H2,18,19,20);1H. The molecule has 146 valence electrons. The molecule has 0 heterocycles. The van der Waals surface area contributed by atoms with Gasteiger partial charge in [-0.2, -0.15) is 0 Å². The average molecular weight is 458 g/mol. The predicted octanol–water partition coefficient (Wildman–Crippen LogP) is 2.19. The van der Waals surface area contributed by atoms with E-state index in [-0.39, 0.29) is 24.0 Å². The van der Waals surface area contributed by atoms with Gasteiger partial charge in [-0.3, -0.25) is 4.99 Å². The number of halogens is 1. The number of guanidine groups is 1. The van der Waals surface area contributed by atoms with E-state index in [1.807, 2.05) is 7.05 Å². The van der Waals surface area contributed by atoms with Crippen LogP contribution in [0.25, 0.3) is 0 Å². The Morgan fingerprint density at radius 2 is 1.75 bits per heavy atom. The summed E-state index contributed by atoms with van der Waals surface area (Å²) >= 11 is 0. The summed E-state index contributed by atoms with van der Waals surface area (Å²) in [6.45, 7) is 8.33. The van der Waals surface area contributed by atoms with Crippen LogP contribution in [-0.4, -0.2) is 78.1 Å². The number of likely N-dealkylation sites (N-methyl/N-ethyl adjacent to an activating group) is 1. The minimum atomic E-state index is 0. The fourth-order valence-electron chi connectivity index (χ4n) is 2.65. The molecule has 7 heteroatoms. The van der Waals surface area contributed by atoms with Crippen molar-refractivity contribution in [3.63, 3.8) is 0 Å². The number of nitrogens with one attached hydrogen (secondary N) is 2. The third-order valence-electron chi connectivity index (χ3n) is 4.15. The Morgan fingerprint density at radius 3 is 2.25 bits per heavy atom. The molecule has 0 amide bonds. The van der Waals surface area contributed by atoms with Crippen LogP contribution < -0.4 is 10.6 Å². The van der Waals surface area contributed by atoms with Gasteiger partial charge in [0.25, 0.3) is 0 Å². The van der Waals surface area contributed by atoms with Crippen molar-refractivity contribution in [2.45, 2.75) is 39.2 Å². The molecule has 0 aromatic carbocycles. The summed E-state index contributed by atoms with van der Waals surface area (Å²) in [4.78, 5) is 6.60. The van der Waals surface area contributed by atoms with Crippen molar-refractivity contribution < 1.29 is 9.47 Å². The SMILES string of the molecule is CCC(CC)C(CNC(=NC)NCCCOCCOC)N(C)C.I. The van der Waals surface area contributed by atoms with E-state index < -0.39 is 0 Å². The Balaban J connectivity index is 0. The monoisotopic (exact) mass is 458 g/mol. The van der Waals surface area contributed by atoms with Gasteiger partial charge in [0, 0.05) is 39.9 Å². The summed E-state index contributed by atoms with van der Waals surface area (Å²) in [5, 5.41) is 6.79. The maximum atomic E-state index is 5.45. The third-order valence-corrected chi connectivity index (χ3v) is 4.15. The minimum Gasteiger partial charge on any atom is -0.382 e. The second-order valence-corrected chi connectivity index (χ2v) is 5.95. The highest BCUT2D eigenvalue weighted by Gasteiger charge is 2.20. The molecule has 0 fully saturated rings. The lowest BCUT2D eigenvalue weighted by molar-refractivity contribution is 0.0698. The van der Waals surface area contributed by atoms with Crippen molar-refractivity contribution in [1.29, 1.82) is 0 Å². The predicted molar refractivity (Wildman–Crippen MR) is 114 cm³/mol. The van der Waals surface area contributed by atoms with E-state index in [1.54, 1.807) is 7.11 Å². The van der Waals surface area contributed by atoms with Gasteiger partial charge in [0.15, 0.2) is 5.96 Å². The molecular formula is C17H39IN4O2. The van der Waals surface area contributed by atoms with E-state index in [1.165, 1.54) is 12.8 Å². The van der Waals surface area contributed by atoms with Crippen LogP contribution in [0.4, 0.5) is 0 Å². The van der Waals surface area contributed by atoms with E-state index in [9.17, 15) is 0 Å². The van der Waals surface area contributed by atoms with Gasteiger partial charge < -0.3 is 25.0 Å². The van der Waals surface area contributed by atoms with Crippen LogP contribution in [0.3, 0.4) is 0 Å². The van der Waals surface area contributed by atoms with Gasteiger partial charge >= 0.3 is 0 Å². The number of nitrogens with zero attached hydrogens (tertiary/aromatic N) is 2. The smallest absolute Gasteiger partial charge is 0.191 e. The number of hydrogen-bond acceptors (Lipinski definition) is 4. The van der Waals surface area contributed by atoms with E-state index in [0.29, 0.717) is 25.2 Å². The zero-order valence-electron chi connectivity index (χ0n) is 16.4. The minimum absolute atomic E-state index is 0. The lowest BCUT2D eigenvalue weighted by Crippen LogP contribution is -2.48. The van der Waals surface area contributed by atoms with Crippen LogP contribution in [0, 0.1) is 5.92 Å². The molecule has 0 aromatic heterocycles. The molecule has 0 saturated carbocycles. The first-order chi connectivity index (χ1) is 11.1. The molecule has 0 bridgehead atoms. The number of hydrogen-bond donors (Lipinski definition) is 2. The number of rotatable bonds is 13. The summed E-state index contributed by atoms with van der Waals surface area (Å²) in [5.41, 5.74) is 0. The Hall–Kier alpha value is -0.120. The highest BCUT2D eigenvalue weighted by atomic mass is 127. The first kappa shape index (κ1) is 26.1. The van der Waals surface area contributed by atoms with Crippen molar-refractivity contribution >= 4 is 29.9 Å². The number of ether oxygens (including phenoxy) is 2. The zero-order chi connectivity index (χ0) is 17.5. The van der Waals surface area contributed by atoms with E-state index in [0.717, 1.165) is 32.1 Å². The molecule has 0 aliphatic rings. The summed E-state index contributed by atoms with van der Waals surface area (Å²) in [6, 6.07) is 0.515. The van der Waals surface area contributed by atoms with Crippen LogP contribution in [0.2, 0.25) is 0 Å². The van der Waals surface area contributed by atoms with Gasteiger partial charge in [-0.25, -0.2) is 0 Å². The van der Waals surface area contributed by atoms with Gasteiger partial charge in [0.05, 0.1) is 13.2 Å². The van der Waals surface area contributed by atoms with E-state index in [2.05, 4.69) is 48.5 Å². The number of methoxy groups -OCH3 is 1. The molecule has 0 aromatic rings.